The zero-order chi connectivity index (χ0) is 10.5. The lowest BCUT2D eigenvalue weighted by molar-refractivity contribution is -0.106. The Morgan fingerprint density at radius 3 is 2.08 bits per heavy atom. The van der Waals surface area contributed by atoms with Crippen molar-refractivity contribution in [1.82, 2.24) is 0 Å². The molecule has 80 valence electrons. The number of rotatable bonds is 5. The lowest BCUT2D eigenvalue weighted by Gasteiger charge is -2.17. The first-order chi connectivity index (χ1) is 5.83. The van der Waals surface area contributed by atoms with Crippen molar-refractivity contribution in [2.45, 2.75) is 32.9 Å². The number of hydrogen-bond acceptors (Lipinski definition) is 1. The molecule has 13 heavy (non-hydrogen) atoms. The molecule has 0 aromatic carbocycles. The van der Waals surface area contributed by atoms with Gasteiger partial charge in [0.05, 0.1) is 13.3 Å². The average Bonchev–Trinajstić information content (AvgIpc) is 1.98. The van der Waals surface area contributed by atoms with Gasteiger partial charge in [0.25, 0.3) is 0 Å². The van der Waals surface area contributed by atoms with Gasteiger partial charge in [-0.3, -0.25) is 0 Å². The van der Waals surface area contributed by atoms with E-state index in [1.807, 2.05) is 6.92 Å². The summed E-state index contributed by atoms with van der Waals surface area (Å²) in [6, 6.07) is 0. The van der Waals surface area contributed by atoms with Crippen LogP contribution in [0.1, 0.15) is 26.7 Å². The Labute approximate surface area is 77.1 Å². The summed E-state index contributed by atoms with van der Waals surface area (Å²) in [5.41, 5.74) is 0. The SMILES string of the molecule is CCCCP(=O)(CC)CC(F)(F)F. The quantitative estimate of drug-likeness (QED) is 0.640. The monoisotopic (exact) mass is 216 g/mol. The van der Waals surface area contributed by atoms with Gasteiger partial charge in [0.15, 0.2) is 0 Å². The van der Waals surface area contributed by atoms with Gasteiger partial charge in [-0.05, 0) is 12.6 Å². The molecule has 1 nitrogen and oxygen atoms in total. The van der Waals surface area contributed by atoms with E-state index in [1.165, 1.54) is 0 Å². The molecule has 0 heterocycles. The maximum absolute atomic E-state index is 12.0. The first-order valence-corrected chi connectivity index (χ1v) is 6.73. The average molecular weight is 216 g/mol. The van der Waals surface area contributed by atoms with Crippen molar-refractivity contribution in [3.05, 3.63) is 0 Å². The summed E-state index contributed by atoms with van der Waals surface area (Å²) in [5.74, 6) is 0. The predicted octanol–water partition coefficient (Wildman–Crippen LogP) is 3.73. The molecule has 5 heteroatoms. The molecule has 0 saturated heterocycles. The van der Waals surface area contributed by atoms with Crippen LogP contribution in [0.2, 0.25) is 0 Å². The molecule has 0 bridgehead atoms. The van der Waals surface area contributed by atoms with E-state index in [9.17, 15) is 17.7 Å². The third kappa shape index (κ3) is 6.14. The normalized spacial score (nSPS) is 17.0. The van der Waals surface area contributed by atoms with E-state index in [0.29, 0.717) is 6.42 Å². The molecule has 0 aliphatic rings. The van der Waals surface area contributed by atoms with E-state index in [0.717, 1.165) is 6.42 Å². The van der Waals surface area contributed by atoms with Crippen molar-refractivity contribution in [2.75, 3.05) is 18.5 Å². The Hall–Kier alpha value is 0.0200. The third-order valence-electron chi connectivity index (χ3n) is 1.96. The highest BCUT2D eigenvalue weighted by Gasteiger charge is 2.37. The third-order valence-corrected chi connectivity index (χ3v) is 5.18. The summed E-state index contributed by atoms with van der Waals surface area (Å²) >= 11 is 0. The standard InChI is InChI=1S/C8H16F3OP/c1-3-5-6-13(12,4-2)7-8(9,10)11/h3-7H2,1-2H3. The van der Waals surface area contributed by atoms with Crippen molar-refractivity contribution in [3.8, 4) is 0 Å². The highest BCUT2D eigenvalue weighted by atomic mass is 31.2. The van der Waals surface area contributed by atoms with Gasteiger partial charge in [-0.15, -0.1) is 0 Å². The summed E-state index contributed by atoms with van der Waals surface area (Å²) < 4.78 is 47.6. The summed E-state index contributed by atoms with van der Waals surface area (Å²) in [6.07, 6.45) is -3.55. The molecule has 0 aromatic heterocycles. The molecule has 0 amide bonds. The van der Waals surface area contributed by atoms with E-state index >= 15 is 0 Å². The van der Waals surface area contributed by atoms with Gasteiger partial charge in [-0.25, -0.2) is 0 Å². The van der Waals surface area contributed by atoms with Crippen LogP contribution in [-0.2, 0) is 4.57 Å². The largest absolute Gasteiger partial charge is 0.395 e. The molecule has 1 unspecified atom stereocenters. The predicted molar refractivity (Wildman–Crippen MR) is 48.8 cm³/mol. The van der Waals surface area contributed by atoms with Crippen LogP contribution in [0.5, 0.6) is 0 Å². The fourth-order valence-corrected chi connectivity index (χ4v) is 3.37. The van der Waals surface area contributed by atoms with E-state index in [4.69, 9.17) is 0 Å². The van der Waals surface area contributed by atoms with Crippen LogP contribution >= 0.6 is 7.14 Å². The molecule has 0 N–H and O–H groups in total. The van der Waals surface area contributed by atoms with Gasteiger partial charge in [-0.1, -0.05) is 20.3 Å². The fraction of sp³-hybridized carbons (Fsp3) is 1.00. The Morgan fingerprint density at radius 1 is 1.23 bits per heavy atom. The summed E-state index contributed by atoms with van der Waals surface area (Å²) in [7, 11) is -2.96. The van der Waals surface area contributed by atoms with Gasteiger partial charge in [0.2, 0.25) is 0 Å². The summed E-state index contributed by atoms with van der Waals surface area (Å²) in [6.45, 7) is 3.45. The molecular formula is C8H16F3OP. The lowest BCUT2D eigenvalue weighted by atomic mass is 10.4. The molecule has 0 aromatic rings. The molecule has 0 spiro atoms. The van der Waals surface area contributed by atoms with E-state index < -0.39 is 19.5 Å². The molecular weight excluding hydrogens is 200 g/mol. The number of unbranched alkanes of at least 4 members (excludes halogenated alkanes) is 1. The van der Waals surface area contributed by atoms with E-state index in [1.54, 1.807) is 6.92 Å². The van der Waals surface area contributed by atoms with Crippen molar-refractivity contribution >= 4 is 7.14 Å². The number of alkyl halides is 3. The molecule has 0 radical (unpaired) electrons. The van der Waals surface area contributed by atoms with Crippen LogP contribution in [0.25, 0.3) is 0 Å². The summed E-state index contributed by atoms with van der Waals surface area (Å²) in [5, 5.41) is 0. The van der Waals surface area contributed by atoms with Crippen LogP contribution in [0.15, 0.2) is 0 Å². The maximum Gasteiger partial charge on any atom is 0.395 e. The molecule has 0 aliphatic heterocycles. The lowest BCUT2D eigenvalue weighted by Crippen LogP contribution is -2.16. The van der Waals surface area contributed by atoms with Crippen molar-refractivity contribution in [3.63, 3.8) is 0 Å². The fourth-order valence-electron chi connectivity index (χ4n) is 1.12. The molecule has 0 rings (SSSR count). The van der Waals surface area contributed by atoms with Crippen LogP contribution in [0, 0.1) is 0 Å². The van der Waals surface area contributed by atoms with Gasteiger partial charge in [0.1, 0.15) is 0 Å². The molecule has 1 atom stereocenters. The first kappa shape index (κ1) is 13.0. The second kappa shape index (κ2) is 5.04. The Kier molecular flexibility index (Phi) is 5.05. The Balaban J connectivity index is 4.20. The minimum atomic E-state index is -4.28. The zero-order valence-corrected chi connectivity index (χ0v) is 8.92. The van der Waals surface area contributed by atoms with Crippen LogP contribution in [0.4, 0.5) is 13.2 Å². The van der Waals surface area contributed by atoms with Crippen LogP contribution in [-0.4, -0.2) is 24.7 Å². The Bertz CT molecular complexity index is 188. The minimum Gasteiger partial charge on any atom is -0.323 e. The van der Waals surface area contributed by atoms with Gasteiger partial charge in [-0.2, -0.15) is 13.2 Å². The van der Waals surface area contributed by atoms with E-state index in [-0.39, 0.29) is 12.3 Å². The van der Waals surface area contributed by atoms with Crippen molar-refractivity contribution < 1.29 is 17.7 Å². The van der Waals surface area contributed by atoms with Gasteiger partial charge in [0, 0.05) is 6.16 Å². The highest BCUT2D eigenvalue weighted by molar-refractivity contribution is 7.63. The smallest absolute Gasteiger partial charge is 0.323 e. The highest BCUT2D eigenvalue weighted by Crippen LogP contribution is 2.50. The minimum absolute atomic E-state index is 0.159. The number of hydrogen-bond donors (Lipinski definition) is 0. The second-order valence-corrected chi connectivity index (χ2v) is 6.74. The molecule has 0 fully saturated rings. The van der Waals surface area contributed by atoms with Crippen molar-refractivity contribution in [1.29, 1.82) is 0 Å². The molecule has 0 aliphatic carbocycles. The van der Waals surface area contributed by atoms with Gasteiger partial charge < -0.3 is 4.57 Å². The second-order valence-electron chi connectivity index (χ2n) is 3.22. The molecule has 0 saturated carbocycles. The van der Waals surface area contributed by atoms with Gasteiger partial charge >= 0.3 is 6.18 Å². The topological polar surface area (TPSA) is 17.1 Å². The summed E-state index contributed by atoms with van der Waals surface area (Å²) in [4.78, 5) is 0. The van der Waals surface area contributed by atoms with Crippen molar-refractivity contribution in [2.24, 2.45) is 0 Å². The zero-order valence-electron chi connectivity index (χ0n) is 8.02. The maximum atomic E-state index is 12.0. The van der Waals surface area contributed by atoms with Crippen LogP contribution < -0.4 is 0 Å². The van der Waals surface area contributed by atoms with Crippen LogP contribution in [0.3, 0.4) is 0 Å². The first-order valence-electron chi connectivity index (χ1n) is 4.47. The van der Waals surface area contributed by atoms with E-state index in [2.05, 4.69) is 0 Å². The Morgan fingerprint density at radius 2 is 1.77 bits per heavy atom. The number of halogens is 3.